The van der Waals surface area contributed by atoms with Crippen LogP contribution in [0.3, 0.4) is 0 Å². The summed E-state index contributed by atoms with van der Waals surface area (Å²) in [5, 5.41) is 14.4. The Balaban J connectivity index is 1.95. The summed E-state index contributed by atoms with van der Waals surface area (Å²) in [5.41, 5.74) is 0.923. The summed E-state index contributed by atoms with van der Waals surface area (Å²) in [6.45, 7) is 5.01. The second-order valence-electron chi connectivity index (χ2n) is 5.06. The molecule has 7 nitrogen and oxygen atoms in total. The molecule has 0 bridgehead atoms. The number of carbonyl (C=O) groups excluding carboxylic acids is 1. The van der Waals surface area contributed by atoms with E-state index in [4.69, 9.17) is 9.84 Å². The average molecular weight is 281 g/mol. The van der Waals surface area contributed by atoms with E-state index in [1.807, 2.05) is 6.92 Å². The monoisotopic (exact) mass is 281 g/mol. The van der Waals surface area contributed by atoms with Crippen LogP contribution in [0.1, 0.15) is 29.5 Å². The molecule has 1 aromatic rings. The van der Waals surface area contributed by atoms with Crippen LogP contribution < -0.4 is 10.6 Å². The van der Waals surface area contributed by atoms with Crippen molar-refractivity contribution in [2.45, 2.75) is 26.3 Å². The van der Waals surface area contributed by atoms with Gasteiger partial charge in [0.05, 0.1) is 12.3 Å². The van der Waals surface area contributed by atoms with Crippen LogP contribution in [0.4, 0.5) is 10.5 Å². The van der Waals surface area contributed by atoms with E-state index in [2.05, 4.69) is 15.6 Å². The first-order valence-electron chi connectivity index (χ1n) is 6.55. The van der Waals surface area contributed by atoms with Crippen molar-refractivity contribution in [3.8, 4) is 0 Å². The van der Waals surface area contributed by atoms with Gasteiger partial charge in [0.25, 0.3) is 0 Å². The number of urea groups is 1. The molecule has 2 atom stereocenters. The lowest BCUT2D eigenvalue weighted by Crippen LogP contribution is -2.41. The minimum absolute atomic E-state index is 0.0190. The van der Waals surface area contributed by atoms with Crippen molar-refractivity contribution in [1.82, 2.24) is 10.3 Å². The highest BCUT2D eigenvalue weighted by molar-refractivity contribution is 5.99. The van der Waals surface area contributed by atoms with Gasteiger partial charge in [0, 0.05) is 24.3 Å². The molecule has 1 aliphatic rings. The molecule has 7 heteroatoms. The molecular weight excluding hydrogens is 262 g/mol. The highest BCUT2D eigenvalue weighted by atomic mass is 16.5. The third-order valence-corrected chi connectivity index (χ3v) is 3.45. The molecule has 1 aliphatic heterocycles. The van der Waals surface area contributed by atoms with Gasteiger partial charge in [0.1, 0.15) is 5.69 Å². The topological polar surface area (TPSA) is 103 Å². The number of amides is 2. The summed E-state index contributed by atoms with van der Waals surface area (Å²) in [7, 11) is 0. The summed E-state index contributed by atoms with van der Waals surface area (Å²) in [5.74, 6) is -0.807. The van der Waals surface area contributed by atoms with Crippen LogP contribution in [0.25, 0.3) is 0 Å². The van der Waals surface area contributed by atoms with E-state index in [0.29, 0.717) is 18.2 Å². The molecule has 1 aromatic heterocycles. The van der Waals surface area contributed by atoms with Crippen molar-refractivity contribution in [3.63, 3.8) is 0 Å². The standard InChI is InChI=1S/C13H19N3O4/c1-7-5-10(11(14-7)12(17)18)16-13(19)15-8(2)9-3-4-20-6-9/h5,8-9,14H,3-4,6H2,1-2H3,(H,17,18)(H2,15,16,19). The summed E-state index contributed by atoms with van der Waals surface area (Å²) in [4.78, 5) is 25.6. The molecule has 0 aliphatic carbocycles. The SMILES string of the molecule is Cc1cc(NC(=O)NC(C)C2CCOC2)c(C(=O)O)[nH]1. The fourth-order valence-electron chi connectivity index (χ4n) is 2.29. The normalized spacial score (nSPS) is 19.6. The Labute approximate surface area is 116 Å². The zero-order valence-electron chi connectivity index (χ0n) is 11.5. The van der Waals surface area contributed by atoms with Gasteiger partial charge in [-0.2, -0.15) is 0 Å². The van der Waals surface area contributed by atoms with Gasteiger partial charge in [-0.1, -0.05) is 0 Å². The van der Waals surface area contributed by atoms with Crippen LogP contribution in [0.5, 0.6) is 0 Å². The van der Waals surface area contributed by atoms with E-state index in [1.165, 1.54) is 0 Å². The molecule has 1 fully saturated rings. The third kappa shape index (κ3) is 3.30. The number of nitrogens with one attached hydrogen (secondary N) is 3. The number of hydrogen-bond donors (Lipinski definition) is 4. The molecule has 0 spiro atoms. The molecule has 110 valence electrons. The number of aryl methyl sites for hydroxylation is 1. The Morgan fingerprint density at radius 1 is 1.55 bits per heavy atom. The van der Waals surface area contributed by atoms with Crippen molar-refractivity contribution in [2.75, 3.05) is 18.5 Å². The van der Waals surface area contributed by atoms with Crippen molar-refractivity contribution in [3.05, 3.63) is 17.5 Å². The number of hydrogen-bond acceptors (Lipinski definition) is 3. The number of carboxylic acids is 1. The molecule has 0 radical (unpaired) electrons. The molecule has 0 saturated carbocycles. The fraction of sp³-hybridized carbons (Fsp3) is 0.538. The first-order valence-corrected chi connectivity index (χ1v) is 6.55. The van der Waals surface area contributed by atoms with Gasteiger partial charge >= 0.3 is 12.0 Å². The van der Waals surface area contributed by atoms with E-state index in [0.717, 1.165) is 13.0 Å². The van der Waals surface area contributed by atoms with Crippen molar-refractivity contribution < 1.29 is 19.4 Å². The Morgan fingerprint density at radius 2 is 2.30 bits per heavy atom. The Hall–Kier alpha value is -2.02. The number of aromatic nitrogens is 1. The second-order valence-corrected chi connectivity index (χ2v) is 5.06. The van der Waals surface area contributed by atoms with E-state index in [-0.39, 0.29) is 17.4 Å². The minimum Gasteiger partial charge on any atom is -0.477 e. The zero-order valence-corrected chi connectivity index (χ0v) is 11.5. The number of anilines is 1. The summed E-state index contributed by atoms with van der Waals surface area (Å²) < 4.78 is 5.28. The van der Waals surface area contributed by atoms with Gasteiger partial charge in [-0.15, -0.1) is 0 Å². The molecule has 2 unspecified atom stereocenters. The van der Waals surface area contributed by atoms with Gasteiger partial charge in [-0.25, -0.2) is 9.59 Å². The van der Waals surface area contributed by atoms with Crippen LogP contribution in [0.15, 0.2) is 6.07 Å². The van der Waals surface area contributed by atoms with Gasteiger partial charge in [0.15, 0.2) is 0 Å². The molecule has 2 amide bonds. The van der Waals surface area contributed by atoms with E-state index in [1.54, 1.807) is 13.0 Å². The maximum absolute atomic E-state index is 11.9. The highest BCUT2D eigenvalue weighted by Gasteiger charge is 2.24. The largest absolute Gasteiger partial charge is 0.477 e. The molecule has 4 N–H and O–H groups in total. The first-order chi connectivity index (χ1) is 9.47. The minimum atomic E-state index is -1.11. The predicted octanol–water partition coefficient (Wildman–Crippen LogP) is 1.57. The third-order valence-electron chi connectivity index (χ3n) is 3.45. The van der Waals surface area contributed by atoms with Crippen LogP contribution >= 0.6 is 0 Å². The zero-order chi connectivity index (χ0) is 14.7. The quantitative estimate of drug-likeness (QED) is 0.672. The first kappa shape index (κ1) is 14.4. The lowest BCUT2D eigenvalue weighted by molar-refractivity contribution is 0.0692. The summed E-state index contributed by atoms with van der Waals surface area (Å²) >= 11 is 0. The molecular formula is C13H19N3O4. The Morgan fingerprint density at radius 3 is 2.90 bits per heavy atom. The predicted molar refractivity (Wildman–Crippen MR) is 73.0 cm³/mol. The maximum atomic E-state index is 11.9. The number of rotatable bonds is 4. The number of carbonyl (C=O) groups is 2. The highest BCUT2D eigenvalue weighted by Crippen LogP contribution is 2.18. The van der Waals surface area contributed by atoms with Crippen molar-refractivity contribution in [2.24, 2.45) is 5.92 Å². The number of carboxylic acid groups (broad SMARTS) is 1. The van der Waals surface area contributed by atoms with Gasteiger partial charge in [-0.05, 0) is 26.3 Å². The Bertz CT molecular complexity index is 506. The summed E-state index contributed by atoms with van der Waals surface area (Å²) in [6, 6.07) is 1.16. The van der Waals surface area contributed by atoms with Crippen LogP contribution in [-0.2, 0) is 4.74 Å². The second kappa shape index (κ2) is 5.96. The van der Waals surface area contributed by atoms with Crippen LogP contribution in [-0.4, -0.2) is 41.3 Å². The maximum Gasteiger partial charge on any atom is 0.354 e. The molecule has 1 saturated heterocycles. The van der Waals surface area contributed by atoms with Crippen molar-refractivity contribution in [1.29, 1.82) is 0 Å². The smallest absolute Gasteiger partial charge is 0.354 e. The van der Waals surface area contributed by atoms with Gasteiger partial charge < -0.3 is 25.5 Å². The molecule has 2 rings (SSSR count). The number of ether oxygens (including phenoxy) is 1. The Kier molecular flexibility index (Phi) is 4.29. The van der Waals surface area contributed by atoms with Crippen LogP contribution in [0, 0.1) is 12.8 Å². The van der Waals surface area contributed by atoms with Gasteiger partial charge in [0.2, 0.25) is 0 Å². The van der Waals surface area contributed by atoms with E-state index >= 15 is 0 Å². The van der Waals surface area contributed by atoms with Crippen LogP contribution in [0.2, 0.25) is 0 Å². The fourth-order valence-corrected chi connectivity index (χ4v) is 2.29. The molecule has 2 heterocycles. The summed E-state index contributed by atoms with van der Waals surface area (Å²) in [6.07, 6.45) is 0.922. The molecule has 20 heavy (non-hydrogen) atoms. The molecule has 0 aromatic carbocycles. The van der Waals surface area contributed by atoms with E-state index in [9.17, 15) is 9.59 Å². The number of H-pyrrole nitrogens is 1. The number of aromatic carboxylic acids is 1. The lowest BCUT2D eigenvalue weighted by atomic mass is 10.0. The van der Waals surface area contributed by atoms with Crippen molar-refractivity contribution >= 4 is 17.7 Å². The average Bonchev–Trinajstić information content (AvgIpc) is 2.98. The number of aromatic amines is 1. The van der Waals surface area contributed by atoms with E-state index < -0.39 is 12.0 Å². The van der Waals surface area contributed by atoms with Gasteiger partial charge in [-0.3, -0.25) is 0 Å². The lowest BCUT2D eigenvalue weighted by Gasteiger charge is -2.19.